The van der Waals surface area contributed by atoms with E-state index in [1.807, 2.05) is 13.8 Å². The number of hydrogen-bond donors (Lipinski definition) is 1. The second-order valence-electron chi connectivity index (χ2n) is 4.06. The van der Waals surface area contributed by atoms with Crippen LogP contribution in [0, 0.1) is 10.1 Å². The first kappa shape index (κ1) is 16.9. The molecule has 0 aliphatic heterocycles. The van der Waals surface area contributed by atoms with Crippen LogP contribution in [0.15, 0.2) is 24.3 Å². The van der Waals surface area contributed by atoms with Gasteiger partial charge < -0.3 is 15.2 Å². The molecule has 1 aromatic rings. The van der Waals surface area contributed by atoms with Crippen molar-refractivity contribution in [1.29, 1.82) is 0 Å². The largest absolute Gasteiger partial charge is 0.351 e. The molecule has 0 saturated heterocycles. The Kier molecular flexibility index (Phi) is 6.57. The van der Waals surface area contributed by atoms with Crippen molar-refractivity contribution in [3.63, 3.8) is 0 Å². The zero-order valence-electron chi connectivity index (χ0n) is 12.0. The number of benzene rings is 1. The average molecular weight is 297 g/mol. The highest BCUT2D eigenvalue weighted by atomic mass is 16.7. The van der Waals surface area contributed by atoms with Gasteiger partial charge in [-0.25, -0.2) is 4.79 Å². The van der Waals surface area contributed by atoms with Crippen LogP contribution in [0.2, 0.25) is 0 Å². The van der Waals surface area contributed by atoms with Crippen LogP contribution in [0.3, 0.4) is 0 Å². The van der Waals surface area contributed by atoms with Crippen molar-refractivity contribution in [2.45, 2.75) is 20.1 Å². The molecule has 2 N–H and O–H groups in total. The number of amides is 2. The molecule has 0 radical (unpaired) electrons. The summed E-state index contributed by atoms with van der Waals surface area (Å²) in [5.74, 6) is 0. The van der Waals surface area contributed by atoms with E-state index in [1.165, 1.54) is 29.2 Å². The van der Waals surface area contributed by atoms with Crippen LogP contribution in [0.5, 0.6) is 0 Å². The lowest BCUT2D eigenvalue weighted by molar-refractivity contribution is -0.384. The van der Waals surface area contributed by atoms with Gasteiger partial charge in [0, 0.05) is 31.0 Å². The number of nitro benzene ring substituents is 1. The predicted octanol–water partition coefficient (Wildman–Crippen LogP) is 1.88. The number of rotatable bonds is 8. The fourth-order valence-electron chi connectivity index (χ4n) is 1.75. The van der Waals surface area contributed by atoms with Crippen molar-refractivity contribution in [2.24, 2.45) is 5.73 Å². The van der Waals surface area contributed by atoms with Crippen LogP contribution in [0.25, 0.3) is 0 Å². The molecule has 21 heavy (non-hydrogen) atoms. The molecule has 116 valence electrons. The molecule has 8 heteroatoms. The average Bonchev–Trinajstić information content (AvgIpc) is 2.45. The standard InChI is InChI=1S/C13H19N3O5/c1-3-20-12(21-4-2)9-15(13(14)17)10-5-7-11(8-6-10)16(18)19/h5-8,12H,3-4,9H2,1-2H3,(H2,14,17). The number of carbonyl (C=O) groups is 1. The lowest BCUT2D eigenvalue weighted by Crippen LogP contribution is -2.42. The second kappa shape index (κ2) is 8.18. The summed E-state index contributed by atoms with van der Waals surface area (Å²) in [6, 6.07) is 4.84. The molecule has 0 fully saturated rings. The number of carbonyl (C=O) groups excluding carboxylic acids is 1. The first-order valence-electron chi connectivity index (χ1n) is 6.54. The lowest BCUT2D eigenvalue weighted by Gasteiger charge is -2.25. The molecule has 2 amide bonds. The van der Waals surface area contributed by atoms with Gasteiger partial charge in [0.15, 0.2) is 6.29 Å². The first-order valence-corrected chi connectivity index (χ1v) is 6.54. The van der Waals surface area contributed by atoms with E-state index in [9.17, 15) is 14.9 Å². The van der Waals surface area contributed by atoms with Gasteiger partial charge in [-0.3, -0.25) is 15.0 Å². The monoisotopic (exact) mass is 297 g/mol. The third-order valence-corrected chi connectivity index (χ3v) is 2.67. The predicted molar refractivity (Wildman–Crippen MR) is 77.1 cm³/mol. The van der Waals surface area contributed by atoms with Crippen LogP contribution >= 0.6 is 0 Å². The van der Waals surface area contributed by atoms with Gasteiger partial charge in [-0.15, -0.1) is 0 Å². The normalized spacial score (nSPS) is 10.6. The van der Waals surface area contributed by atoms with E-state index in [4.69, 9.17) is 15.2 Å². The molecule has 0 heterocycles. The highest BCUT2D eigenvalue weighted by Crippen LogP contribution is 2.20. The molecule has 0 aromatic heterocycles. The maximum atomic E-state index is 11.6. The van der Waals surface area contributed by atoms with Crippen LogP contribution in [-0.4, -0.2) is 37.0 Å². The Morgan fingerprint density at radius 1 is 1.29 bits per heavy atom. The van der Waals surface area contributed by atoms with Crippen molar-refractivity contribution in [2.75, 3.05) is 24.7 Å². The molecular weight excluding hydrogens is 278 g/mol. The highest BCUT2D eigenvalue weighted by Gasteiger charge is 2.20. The second-order valence-corrected chi connectivity index (χ2v) is 4.06. The Labute approximate surface area is 122 Å². The number of primary amides is 1. The quantitative estimate of drug-likeness (QED) is 0.447. The lowest BCUT2D eigenvalue weighted by atomic mass is 10.2. The van der Waals surface area contributed by atoms with Crippen molar-refractivity contribution >= 4 is 17.4 Å². The minimum atomic E-state index is -0.687. The molecule has 0 unspecified atom stereocenters. The van der Waals surface area contributed by atoms with E-state index in [0.29, 0.717) is 18.9 Å². The summed E-state index contributed by atoms with van der Waals surface area (Å²) < 4.78 is 10.7. The Hall–Kier alpha value is -2.19. The smallest absolute Gasteiger partial charge is 0.319 e. The molecule has 0 bridgehead atoms. The van der Waals surface area contributed by atoms with Gasteiger partial charge in [-0.05, 0) is 26.0 Å². The molecule has 0 spiro atoms. The zero-order chi connectivity index (χ0) is 15.8. The van der Waals surface area contributed by atoms with E-state index in [1.54, 1.807) is 0 Å². The number of hydrogen-bond acceptors (Lipinski definition) is 5. The maximum Gasteiger partial charge on any atom is 0.319 e. The molecule has 0 saturated carbocycles. The van der Waals surface area contributed by atoms with Crippen LogP contribution in [0.1, 0.15) is 13.8 Å². The Bertz CT molecular complexity index is 471. The molecule has 0 aliphatic rings. The van der Waals surface area contributed by atoms with Crippen LogP contribution < -0.4 is 10.6 Å². The summed E-state index contributed by atoms with van der Waals surface area (Å²) in [6.45, 7) is 4.59. The minimum absolute atomic E-state index is 0.0608. The number of non-ortho nitro benzene ring substituents is 1. The highest BCUT2D eigenvalue weighted by molar-refractivity contribution is 5.90. The zero-order valence-corrected chi connectivity index (χ0v) is 12.0. The Morgan fingerprint density at radius 3 is 2.19 bits per heavy atom. The van der Waals surface area contributed by atoms with E-state index >= 15 is 0 Å². The van der Waals surface area contributed by atoms with Gasteiger partial charge in [0.2, 0.25) is 0 Å². The number of ether oxygens (including phenoxy) is 2. The van der Waals surface area contributed by atoms with Gasteiger partial charge in [-0.1, -0.05) is 0 Å². The van der Waals surface area contributed by atoms with Gasteiger partial charge in [0.25, 0.3) is 5.69 Å². The first-order chi connectivity index (χ1) is 9.99. The number of anilines is 1. The minimum Gasteiger partial charge on any atom is -0.351 e. The van der Waals surface area contributed by atoms with Gasteiger partial charge >= 0.3 is 6.03 Å². The topological polar surface area (TPSA) is 108 Å². The van der Waals surface area contributed by atoms with E-state index in [0.717, 1.165) is 0 Å². The number of nitro groups is 1. The number of nitrogens with zero attached hydrogens (tertiary/aromatic N) is 2. The fraction of sp³-hybridized carbons (Fsp3) is 0.462. The fourth-order valence-corrected chi connectivity index (χ4v) is 1.75. The summed E-state index contributed by atoms with van der Waals surface area (Å²) in [5, 5.41) is 10.6. The molecule has 0 atom stereocenters. The van der Waals surface area contributed by atoms with Crippen LogP contribution in [0.4, 0.5) is 16.2 Å². The van der Waals surface area contributed by atoms with Crippen LogP contribution in [-0.2, 0) is 9.47 Å². The third-order valence-electron chi connectivity index (χ3n) is 2.67. The molecule has 8 nitrogen and oxygen atoms in total. The molecule has 0 aliphatic carbocycles. The van der Waals surface area contributed by atoms with E-state index in [2.05, 4.69) is 0 Å². The number of nitrogens with two attached hydrogens (primary N) is 1. The van der Waals surface area contributed by atoms with Crippen molar-refractivity contribution in [3.8, 4) is 0 Å². The Balaban J connectivity index is 2.89. The summed E-state index contributed by atoms with van der Waals surface area (Å²) >= 11 is 0. The van der Waals surface area contributed by atoms with Gasteiger partial charge in [-0.2, -0.15) is 0 Å². The molecule has 1 aromatic carbocycles. The van der Waals surface area contributed by atoms with Gasteiger partial charge in [0.1, 0.15) is 0 Å². The summed E-state index contributed by atoms with van der Waals surface area (Å²) in [5.41, 5.74) is 5.73. The van der Waals surface area contributed by atoms with Crippen molar-refractivity contribution < 1.29 is 19.2 Å². The molecular formula is C13H19N3O5. The van der Waals surface area contributed by atoms with E-state index in [-0.39, 0.29) is 12.2 Å². The SMILES string of the molecule is CCOC(CN(C(N)=O)c1ccc([N+](=O)[O-])cc1)OCC. The van der Waals surface area contributed by atoms with Gasteiger partial charge in [0.05, 0.1) is 11.5 Å². The van der Waals surface area contributed by atoms with Crippen molar-refractivity contribution in [1.82, 2.24) is 0 Å². The van der Waals surface area contributed by atoms with E-state index < -0.39 is 17.2 Å². The summed E-state index contributed by atoms with van der Waals surface area (Å²) in [6.07, 6.45) is -0.609. The van der Waals surface area contributed by atoms with Crippen molar-refractivity contribution in [3.05, 3.63) is 34.4 Å². The third kappa shape index (κ3) is 5.01. The maximum absolute atomic E-state index is 11.6. The summed E-state index contributed by atoms with van der Waals surface area (Å²) in [4.78, 5) is 22.9. The Morgan fingerprint density at radius 2 is 1.81 bits per heavy atom. The summed E-state index contributed by atoms with van der Waals surface area (Å²) in [7, 11) is 0. The molecule has 1 rings (SSSR count). The number of urea groups is 1.